The van der Waals surface area contributed by atoms with Crippen LogP contribution in [0.25, 0.3) is 5.65 Å². The smallest absolute Gasteiger partial charge is 0.347 e. The fourth-order valence-electron chi connectivity index (χ4n) is 2.94. The normalized spacial score (nSPS) is 17.5. The highest BCUT2D eigenvalue weighted by Gasteiger charge is 2.30. The summed E-state index contributed by atoms with van der Waals surface area (Å²) in [6.45, 7) is 2.34. The van der Waals surface area contributed by atoms with Gasteiger partial charge in [-0.2, -0.15) is 13.2 Å². The molecule has 7 nitrogen and oxygen atoms in total. The molecule has 2 aromatic heterocycles. The number of nitrogens with one attached hydrogen (secondary N) is 2. The van der Waals surface area contributed by atoms with E-state index in [0.29, 0.717) is 27.7 Å². The lowest BCUT2D eigenvalue weighted by Crippen LogP contribution is -2.40. The number of anilines is 1. The van der Waals surface area contributed by atoms with Crippen LogP contribution in [0.1, 0.15) is 23.0 Å². The van der Waals surface area contributed by atoms with Gasteiger partial charge in [0.05, 0.1) is 29.8 Å². The third-order valence-corrected chi connectivity index (χ3v) is 6.54. The van der Waals surface area contributed by atoms with Crippen LogP contribution >= 0.6 is 27.7 Å². The molecule has 0 aliphatic carbocycles. The highest BCUT2D eigenvalue weighted by molar-refractivity contribution is 9.10. The summed E-state index contributed by atoms with van der Waals surface area (Å²) in [6.07, 6.45) is 0.372. The van der Waals surface area contributed by atoms with Gasteiger partial charge in [0.1, 0.15) is 10.3 Å². The predicted octanol–water partition coefficient (Wildman–Crippen LogP) is 4.21. The molecule has 1 aliphatic rings. The summed E-state index contributed by atoms with van der Waals surface area (Å²) >= 11 is 4.79. The molecule has 0 bridgehead atoms. The molecule has 3 heterocycles. The van der Waals surface area contributed by atoms with Gasteiger partial charge in [-0.15, -0.1) is 0 Å². The molecule has 4 rings (SSSR count). The number of rotatable bonds is 4. The van der Waals surface area contributed by atoms with Gasteiger partial charge in [0, 0.05) is 17.9 Å². The summed E-state index contributed by atoms with van der Waals surface area (Å²) in [6, 6.07) is 4.55. The Morgan fingerprint density at radius 1 is 1.26 bits per heavy atom. The van der Waals surface area contributed by atoms with Gasteiger partial charge < -0.3 is 10.6 Å². The zero-order chi connectivity index (χ0) is 22.2. The largest absolute Gasteiger partial charge is 0.416 e. The number of carbonyl (C=O) groups excluding carboxylic acids is 1. The number of amidine groups is 1. The number of benzene rings is 1. The number of halogens is 4. The standard InChI is InChI=1S/C19H16BrF3N6OS/c1-10(27-17(30)13-9-29-15(20)7-25-16(29)8-24-13)14-6-26-18(31-14)28-12-4-2-11(3-5-12)19(21,22)23/h2-5,7-10,14H,6H2,1H3,(H,26,28)(H,27,30). The van der Waals surface area contributed by atoms with E-state index in [0.717, 1.165) is 12.1 Å². The number of fused-ring (bicyclic) bond motifs is 1. The number of amides is 1. The molecule has 1 aromatic carbocycles. The maximum atomic E-state index is 12.7. The number of hydrogen-bond donors (Lipinski definition) is 2. The number of imidazole rings is 1. The third-order valence-electron chi connectivity index (χ3n) is 4.64. The number of nitrogens with zero attached hydrogens (tertiary/aromatic N) is 4. The van der Waals surface area contributed by atoms with Crippen LogP contribution in [-0.4, -0.2) is 43.3 Å². The second-order valence-electron chi connectivity index (χ2n) is 6.85. The molecule has 2 unspecified atom stereocenters. The number of alkyl halides is 3. The van der Waals surface area contributed by atoms with E-state index in [4.69, 9.17) is 0 Å². The molecule has 0 radical (unpaired) electrons. The predicted molar refractivity (Wildman–Crippen MR) is 116 cm³/mol. The van der Waals surface area contributed by atoms with E-state index in [-0.39, 0.29) is 22.9 Å². The molecule has 2 atom stereocenters. The van der Waals surface area contributed by atoms with Gasteiger partial charge in [-0.1, -0.05) is 11.8 Å². The zero-order valence-electron chi connectivity index (χ0n) is 16.0. The molecule has 0 saturated carbocycles. The average Bonchev–Trinajstić information content (AvgIpc) is 3.34. The van der Waals surface area contributed by atoms with Crippen molar-refractivity contribution in [1.29, 1.82) is 0 Å². The van der Waals surface area contributed by atoms with Gasteiger partial charge in [0.2, 0.25) is 0 Å². The van der Waals surface area contributed by atoms with E-state index in [1.165, 1.54) is 30.1 Å². The molecule has 2 N–H and O–H groups in total. The van der Waals surface area contributed by atoms with Crippen LogP contribution in [0.4, 0.5) is 18.9 Å². The van der Waals surface area contributed by atoms with Crippen LogP contribution in [0.15, 0.2) is 52.5 Å². The highest BCUT2D eigenvalue weighted by Crippen LogP contribution is 2.31. The van der Waals surface area contributed by atoms with Gasteiger partial charge in [0.15, 0.2) is 10.8 Å². The van der Waals surface area contributed by atoms with Gasteiger partial charge >= 0.3 is 6.18 Å². The Balaban J connectivity index is 1.33. The Bertz CT molecular complexity index is 1150. The first-order chi connectivity index (χ1) is 14.7. The number of hydrogen-bond acceptors (Lipinski definition) is 6. The second-order valence-corrected chi connectivity index (χ2v) is 8.89. The maximum Gasteiger partial charge on any atom is 0.416 e. The fourth-order valence-corrected chi connectivity index (χ4v) is 4.36. The average molecular weight is 513 g/mol. The molecule has 0 saturated heterocycles. The number of aromatic nitrogens is 3. The Kier molecular flexibility index (Phi) is 5.93. The minimum Gasteiger partial charge on any atom is -0.347 e. The van der Waals surface area contributed by atoms with Gasteiger partial charge in [-0.05, 0) is 47.1 Å². The highest BCUT2D eigenvalue weighted by atomic mass is 79.9. The second kappa shape index (κ2) is 8.50. The Labute approximate surface area is 187 Å². The SMILES string of the molecule is CC(NC(=O)c1cn2c(Br)cnc2cn1)C1CN=C(Nc2ccc(C(F)(F)F)cc2)S1. The summed E-state index contributed by atoms with van der Waals surface area (Å²) in [4.78, 5) is 25.3. The van der Waals surface area contributed by atoms with Crippen molar-refractivity contribution < 1.29 is 18.0 Å². The van der Waals surface area contributed by atoms with Crippen molar-refractivity contribution in [3.05, 3.63) is 58.7 Å². The van der Waals surface area contributed by atoms with Crippen LogP contribution in [0, 0.1) is 0 Å². The first-order valence-electron chi connectivity index (χ1n) is 9.15. The van der Waals surface area contributed by atoms with Crippen molar-refractivity contribution in [1.82, 2.24) is 19.7 Å². The summed E-state index contributed by atoms with van der Waals surface area (Å²) in [5.41, 5.74) is 0.683. The lowest BCUT2D eigenvalue weighted by Gasteiger charge is -2.19. The summed E-state index contributed by atoms with van der Waals surface area (Å²) < 4.78 is 40.5. The summed E-state index contributed by atoms with van der Waals surface area (Å²) in [5, 5.41) is 6.51. The first kappa shape index (κ1) is 21.6. The van der Waals surface area contributed by atoms with Crippen molar-refractivity contribution in [3.8, 4) is 0 Å². The van der Waals surface area contributed by atoms with E-state index >= 15 is 0 Å². The lowest BCUT2D eigenvalue weighted by atomic mass is 10.2. The molecule has 31 heavy (non-hydrogen) atoms. The van der Waals surface area contributed by atoms with E-state index < -0.39 is 11.7 Å². The van der Waals surface area contributed by atoms with E-state index in [2.05, 4.69) is 41.5 Å². The van der Waals surface area contributed by atoms with Crippen molar-refractivity contribution in [3.63, 3.8) is 0 Å². The summed E-state index contributed by atoms with van der Waals surface area (Å²) in [7, 11) is 0. The topological polar surface area (TPSA) is 83.7 Å². The lowest BCUT2D eigenvalue weighted by molar-refractivity contribution is -0.137. The van der Waals surface area contributed by atoms with Crippen molar-refractivity contribution in [2.24, 2.45) is 4.99 Å². The third kappa shape index (κ3) is 4.85. The van der Waals surface area contributed by atoms with Crippen LogP contribution in [0.2, 0.25) is 0 Å². The quantitative estimate of drug-likeness (QED) is 0.546. The van der Waals surface area contributed by atoms with Crippen LogP contribution in [0.3, 0.4) is 0 Å². The van der Waals surface area contributed by atoms with Crippen LogP contribution in [0.5, 0.6) is 0 Å². The summed E-state index contributed by atoms with van der Waals surface area (Å²) in [5.74, 6) is -0.320. The molecular formula is C19H16BrF3N6OS. The number of aliphatic imine (C=N–C) groups is 1. The minimum absolute atomic E-state index is 0.0235. The molecule has 1 amide bonds. The Morgan fingerprint density at radius 3 is 2.71 bits per heavy atom. The van der Waals surface area contributed by atoms with E-state index in [1.54, 1.807) is 16.8 Å². The van der Waals surface area contributed by atoms with Crippen molar-refractivity contribution in [2.45, 2.75) is 24.4 Å². The minimum atomic E-state index is -4.37. The Hall–Kier alpha value is -2.60. The van der Waals surface area contributed by atoms with Gasteiger partial charge in [-0.3, -0.25) is 14.2 Å². The molecule has 0 fully saturated rings. The van der Waals surface area contributed by atoms with E-state index in [1.807, 2.05) is 6.92 Å². The maximum absolute atomic E-state index is 12.7. The Morgan fingerprint density at radius 2 is 2.00 bits per heavy atom. The molecule has 3 aromatic rings. The molecular weight excluding hydrogens is 497 g/mol. The van der Waals surface area contributed by atoms with Crippen LogP contribution in [-0.2, 0) is 6.18 Å². The zero-order valence-corrected chi connectivity index (χ0v) is 18.4. The van der Waals surface area contributed by atoms with Crippen LogP contribution < -0.4 is 10.6 Å². The molecule has 1 aliphatic heterocycles. The fraction of sp³-hybridized carbons (Fsp3) is 0.263. The van der Waals surface area contributed by atoms with Crippen molar-refractivity contribution >= 4 is 50.1 Å². The monoisotopic (exact) mass is 512 g/mol. The number of carbonyl (C=O) groups is 1. The molecule has 162 valence electrons. The molecule has 0 spiro atoms. The van der Waals surface area contributed by atoms with Crippen molar-refractivity contribution in [2.75, 3.05) is 11.9 Å². The molecule has 12 heteroatoms. The van der Waals surface area contributed by atoms with Gasteiger partial charge in [0.25, 0.3) is 5.91 Å². The first-order valence-corrected chi connectivity index (χ1v) is 10.8. The number of thioether (sulfide) groups is 1. The van der Waals surface area contributed by atoms with E-state index in [9.17, 15) is 18.0 Å². The van der Waals surface area contributed by atoms with Gasteiger partial charge in [-0.25, -0.2) is 9.97 Å².